The van der Waals surface area contributed by atoms with Crippen LogP contribution in [0.1, 0.15) is 25.7 Å². The van der Waals surface area contributed by atoms with Gasteiger partial charge in [0.2, 0.25) is 0 Å². The van der Waals surface area contributed by atoms with Crippen LogP contribution in [0.2, 0.25) is 70.5 Å². The molecule has 0 saturated carbocycles. The van der Waals surface area contributed by atoms with E-state index in [1.807, 2.05) is 13.1 Å². The summed E-state index contributed by atoms with van der Waals surface area (Å²) in [5.74, 6) is -29.4. The van der Waals surface area contributed by atoms with Crippen molar-refractivity contribution in [1.29, 1.82) is 0 Å². The lowest BCUT2D eigenvalue weighted by atomic mass is 10.2. The fraction of sp³-hybridized carbons (Fsp3) is 0.875. The summed E-state index contributed by atoms with van der Waals surface area (Å²) >= 11 is 0. The number of rotatable bonds is 27. The summed E-state index contributed by atoms with van der Waals surface area (Å²) in [6, 6.07) is -2.23. The van der Waals surface area contributed by atoms with Gasteiger partial charge in [-0.05, 0) is 57.8 Å². The Balaban J connectivity index is 7.07. The molecule has 0 aromatic carbocycles. The molecule has 0 amide bonds. The molecule has 0 spiro atoms. The number of hydrogen-bond donors (Lipinski definition) is 0. The first kappa shape index (κ1) is 64.4. The highest BCUT2D eigenvalue weighted by atomic mass is 28.4. The molecule has 0 bridgehead atoms. The summed E-state index contributed by atoms with van der Waals surface area (Å²) in [4.78, 5) is 0. The first-order valence-electron chi connectivity index (χ1n) is 18.5. The van der Waals surface area contributed by atoms with E-state index in [-0.39, 0.29) is 13.0 Å². The molecule has 0 aromatic rings. The molecule has 0 N–H and O–H groups in total. The van der Waals surface area contributed by atoms with Crippen LogP contribution in [0, 0.1) is 0 Å². The molecule has 0 heterocycles. The molecule has 0 saturated heterocycles. The number of hydrogen-bond acceptors (Lipinski definition) is 6. The molecule has 66 heavy (non-hydrogen) atoms. The van der Waals surface area contributed by atoms with Crippen LogP contribution < -0.4 is 0 Å². The summed E-state index contributed by atoms with van der Waals surface area (Å²) in [6.07, 6.45) is -68.3. The maximum atomic E-state index is 15.2. The van der Waals surface area contributed by atoms with E-state index in [1.54, 1.807) is 15.2 Å². The third-order valence-corrected chi connectivity index (χ3v) is 21.1. The second-order valence-corrected chi connectivity index (χ2v) is 34.7. The monoisotopic (exact) mass is 1090 g/mol. The standard InChI is InChI=1S/C32H46F24O6Si4/c1-11-63(3,4)18-14-13-17-57-65(7,8)19-15-21(33,25(37,38)39)58-29(49,50)23(35,27(43,44)45)60-31(53,54)32(55,56)61-24(36,28(46,47)48)30(51,52)59-22(34,26(40,41)42)16-20-66(9,10)62-64(5,6)12-2/h11-12H,1-2,13-20H2,3-10H3. The maximum absolute atomic E-state index is 15.2. The van der Waals surface area contributed by atoms with E-state index in [9.17, 15) is 87.8 Å². The van der Waals surface area contributed by atoms with Crippen molar-refractivity contribution in [3.63, 3.8) is 0 Å². The Kier molecular flexibility index (Phi) is 19.8. The zero-order valence-corrected chi connectivity index (χ0v) is 39.7. The first-order valence-corrected chi connectivity index (χ1v) is 31.0. The highest BCUT2D eigenvalue weighted by molar-refractivity contribution is 6.87. The van der Waals surface area contributed by atoms with Crippen molar-refractivity contribution in [1.82, 2.24) is 0 Å². The van der Waals surface area contributed by atoms with E-state index in [0.717, 1.165) is 31.9 Å². The van der Waals surface area contributed by atoms with E-state index in [4.69, 9.17) is 8.54 Å². The SMILES string of the molecule is C=C[Si](C)(C)CCCCO[Si](C)(C)CCC(F)(OC(F)(F)C(F)(OC(F)(F)C(F)(F)OC(F)(C(F)(F)F)C(F)(F)OC(F)(CC[Si](C)(C)O[Si](C)(C)C=C)C(F)(F)F)C(F)(F)F)C(F)(F)F. The zero-order valence-electron chi connectivity index (χ0n) is 35.7. The lowest BCUT2D eigenvalue weighted by molar-refractivity contribution is -0.585. The van der Waals surface area contributed by atoms with Crippen molar-refractivity contribution < 1.29 is 133 Å². The molecule has 6 nitrogen and oxygen atoms in total. The van der Waals surface area contributed by atoms with Gasteiger partial charge in [-0.25, -0.2) is 8.78 Å². The quantitative estimate of drug-likeness (QED) is 0.0464. The second kappa shape index (κ2) is 20.3. The minimum Gasteiger partial charge on any atom is -0.453 e. The van der Waals surface area contributed by atoms with Gasteiger partial charge >= 0.3 is 72.6 Å². The number of alkyl halides is 24. The molecule has 0 aliphatic carbocycles. The summed E-state index contributed by atoms with van der Waals surface area (Å²) in [6.45, 7) is 16.9. The van der Waals surface area contributed by atoms with Crippen LogP contribution in [0.4, 0.5) is 105 Å². The van der Waals surface area contributed by atoms with Gasteiger partial charge in [-0.15, -0.1) is 18.9 Å². The zero-order chi connectivity index (χ0) is 53.3. The van der Waals surface area contributed by atoms with Crippen molar-refractivity contribution in [3.05, 3.63) is 24.6 Å². The van der Waals surface area contributed by atoms with Gasteiger partial charge in [0.05, 0.1) is 8.07 Å². The molecule has 4 atom stereocenters. The molecule has 0 radical (unpaired) electrons. The average Bonchev–Trinajstić information content (AvgIpc) is 3.06. The van der Waals surface area contributed by atoms with Crippen LogP contribution in [0.15, 0.2) is 24.6 Å². The number of halogens is 24. The first-order chi connectivity index (χ1) is 28.5. The van der Waals surface area contributed by atoms with E-state index in [0.29, 0.717) is 12.5 Å². The molecule has 34 heteroatoms. The Morgan fingerprint density at radius 3 is 1.02 bits per heavy atom. The fourth-order valence-electron chi connectivity index (χ4n) is 5.01. The summed E-state index contributed by atoms with van der Waals surface area (Å²) in [5.41, 5.74) is 2.83. The average molecular weight is 1100 g/mol. The topological polar surface area (TPSA) is 55.4 Å². The highest BCUT2D eigenvalue weighted by Crippen LogP contribution is 2.59. The summed E-state index contributed by atoms with van der Waals surface area (Å²) < 4.78 is 361. The molecular formula is C32H46F24O6Si4. The van der Waals surface area contributed by atoms with Gasteiger partial charge in [0, 0.05) is 19.4 Å². The highest BCUT2D eigenvalue weighted by Gasteiger charge is 2.86. The third kappa shape index (κ3) is 16.0. The van der Waals surface area contributed by atoms with Crippen LogP contribution in [0.25, 0.3) is 0 Å². The van der Waals surface area contributed by atoms with Gasteiger partial charge in [-0.1, -0.05) is 31.3 Å². The van der Waals surface area contributed by atoms with E-state index in [1.165, 1.54) is 13.1 Å². The molecule has 0 rings (SSSR count). The Morgan fingerprint density at radius 2 is 0.727 bits per heavy atom. The predicted octanol–water partition coefficient (Wildman–Crippen LogP) is 14.7. The van der Waals surface area contributed by atoms with Crippen molar-refractivity contribution in [3.8, 4) is 0 Å². The van der Waals surface area contributed by atoms with Gasteiger partial charge in [-0.2, -0.15) is 96.6 Å². The van der Waals surface area contributed by atoms with E-state index in [2.05, 4.69) is 22.6 Å². The Morgan fingerprint density at radius 1 is 0.394 bits per heavy atom. The van der Waals surface area contributed by atoms with Crippen LogP contribution >= 0.6 is 0 Å². The van der Waals surface area contributed by atoms with Gasteiger partial charge in [0.1, 0.15) is 0 Å². The minimum atomic E-state index is -8.49. The van der Waals surface area contributed by atoms with Gasteiger partial charge in [0.15, 0.2) is 25.0 Å². The molecule has 4 unspecified atom stereocenters. The Hall–Kier alpha value is -1.57. The normalized spacial score (nSPS) is 18.8. The molecule has 394 valence electrons. The summed E-state index contributed by atoms with van der Waals surface area (Å²) in [7, 11) is -12.5. The lowest BCUT2D eigenvalue weighted by Crippen LogP contribution is -2.69. The summed E-state index contributed by atoms with van der Waals surface area (Å²) in [5, 5.41) is 0. The molecule has 0 aromatic heterocycles. The number of ether oxygens (including phenoxy) is 4. The van der Waals surface area contributed by atoms with Crippen molar-refractivity contribution in [2.75, 3.05) is 6.61 Å². The maximum Gasteiger partial charge on any atom is 0.458 e. The van der Waals surface area contributed by atoms with Crippen LogP contribution in [0.3, 0.4) is 0 Å². The van der Waals surface area contributed by atoms with Crippen molar-refractivity contribution in [2.24, 2.45) is 0 Å². The second-order valence-electron chi connectivity index (χ2n) is 17.0. The van der Waals surface area contributed by atoms with Crippen molar-refractivity contribution in [2.45, 2.75) is 169 Å². The fourth-order valence-corrected chi connectivity index (χ4v) is 15.5. The molecular weight excluding hydrogens is 1050 g/mol. The molecule has 0 aliphatic rings. The van der Waals surface area contributed by atoms with Crippen LogP contribution in [0.5, 0.6) is 0 Å². The number of unbranched alkanes of at least 4 members (excludes halogenated alkanes) is 1. The minimum absolute atomic E-state index is 0.179. The molecule has 0 fully saturated rings. The molecule has 0 aliphatic heterocycles. The van der Waals surface area contributed by atoms with E-state index >= 15 is 17.6 Å². The largest absolute Gasteiger partial charge is 0.458 e. The Labute approximate surface area is 365 Å². The van der Waals surface area contributed by atoms with Gasteiger partial charge in [0.25, 0.3) is 0 Å². The Bertz CT molecular complexity index is 1620. The van der Waals surface area contributed by atoms with Gasteiger partial charge in [-0.3, -0.25) is 18.9 Å². The smallest absolute Gasteiger partial charge is 0.453 e. The third-order valence-electron chi connectivity index (χ3n) is 9.17. The lowest BCUT2D eigenvalue weighted by Gasteiger charge is -2.42. The predicted molar refractivity (Wildman–Crippen MR) is 194 cm³/mol. The van der Waals surface area contributed by atoms with Crippen LogP contribution in [-0.4, -0.2) is 112 Å². The van der Waals surface area contributed by atoms with Crippen LogP contribution in [-0.2, 0) is 27.5 Å². The van der Waals surface area contributed by atoms with E-state index < -0.39 is 131 Å². The van der Waals surface area contributed by atoms with Gasteiger partial charge < -0.3 is 8.54 Å². The van der Waals surface area contributed by atoms with Crippen molar-refractivity contribution >= 4 is 33.0 Å².